The number of ketones is 1. The molecule has 120 valence electrons. The largest absolute Gasteiger partial charge is 0.489 e. The van der Waals surface area contributed by atoms with Gasteiger partial charge in [-0.3, -0.25) is 4.79 Å². The second-order valence-electron chi connectivity index (χ2n) is 6.18. The Morgan fingerprint density at radius 1 is 1.04 bits per heavy atom. The molecule has 0 amide bonds. The number of hydrogen-bond donors (Lipinski definition) is 0. The fourth-order valence-electron chi connectivity index (χ4n) is 3.07. The third kappa shape index (κ3) is 4.59. The second kappa shape index (κ2) is 7.65. The van der Waals surface area contributed by atoms with Gasteiger partial charge < -0.3 is 4.74 Å². The number of rotatable bonds is 5. The summed E-state index contributed by atoms with van der Waals surface area (Å²) in [6.45, 7) is 0.501. The van der Waals surface area contributed by atoms with E-state index in [2.05, 4.69) is 12.1 Å². The van der Waals surface area contributed by atoms with E-state index in [0.29, 0.717) is 12.4 Å². The molecule has 1 atom stereocenters. The van der Waals surface area contributed by atoms with Crippen LogP contribution in [0.4, 0.5) is 0 Å². The van der Waals surface area contributed by atoms with Gasteiger partial charge in [0.05, 0.1) is 0 Å². The van der Waals surface area contributed by atoms with Crippen LogP contribution in [0.3, 0.4) is 0 Å². The third-order valence-corrected chi connectivity index (χ3v) is 4.62. The molecule has 1 aliphatic carbocycles. The van der Waals surface area contributed by atoms with Gasteiger partial charge in [-0.15, -0.1) is 0 Å². The smallest absolute Gasteiger partial charge is 0.136 e. The summed E-state index contributed by atoms with van der Waals surface area (Å²) in [5, 5.41) is 0.721. The highest BCUT2D eigenvalue weighted by Gasteiger charge is 2.22. The standard InChI is InChI=1S/C20H21ClO2/c21-18-6-3-4-16(13-18)14-23-19-10-8-15(9-11-19)12-17-5-1-2-7-20(17)22/h3-4,6,8-11,13,17H,1-2,5,7,12,14H2. The monoisotopic (exact) mass is 328 g/mol. The molecule has 0 aliphatic heterocycles. The Morgan fingerprint density at radius 2 is 1.87 bits per heavy atom. The fourth-order valence-corrected chi connectivity index (χ4v) is 3.28. The number of halogens is 1. The average molecular weight is 329 g/mol. The quantitative estimate of drug-likeness (QED) is 0.752. The molecule has 3 heteroatoms. The van der Waals surface area contributed by atoms with Crippen LogP contribution in [0.2, 0.25) is 5.02 Å². The molecule has 0 spiro atoms. The SMILES string of the molecule is O=C1CCCCC1Cc1ccc(OCc2cccc(Cl)c2)cc1. The van der Waals surface area contributed by atoms with E-state index < -0.39 is 0 Å². The molecule has 23 heavy (non-hydrogen) atoms. The van der Waals surface area contributed by atoms with Crippen LogP contribution in [-0.4, -0.2) is 5.78 Å². The average Bonchev–Trinajstić information content (AvgIpc) is 2.56. The van der Waals surface area contributed by atoms with E-state index in [1.165, 1.54) is 12.0 Å². The molecule has 0 radical (unpaired) electrons. The lowest BCUT2D eigenvalue weighted by molar-refractivity contribution is -0.124. The number of ether oxygens (including phenoxy) is 1. The third-order valence-electron chi connectivity index (χ3n) is 4.38. The molecule has 3 rings (SSSR count). The topological polar surface area (TPSA) is 26.3 Å². The molecule has 1 saturated carbocycles. The van der Waals surface area contributed by atoms with Crippen molar-refractivity contribution in [1.82, 2.24) is 0 Å². The van der Waals surface area contributed by atoms with Crippen molar-refractivity contribution in [3.8, 4) is 5.75 Å². The van der Waals surface area contributed by atoms with Gasteiger partial charge in [-0.25, -0.2) is 0 Å². The Labute approximate surface area is 142 Å². The van der Waals surface area contributed by atoms with Gasteiger partial charge in [0, 0.05) is 17.4 Å². The molecule has 1 aliphatic rings. The first-order valence-corrected chi connectivity index (χ1v) is 8.57. The summed E-state index contributed by atoms with van der Waals surface area (Å²) in [5.74, 6) is 1.48. The molecular weight excluding hydrogens is 308 g/mol. The predicted octanol–water partition coefficient (Wildman–Crippen LogP) is 5.22. The molecule has 1 unspecified atom stereocenters. The summed E-state index contributed by atoms with van der Waals surface area (Å²) in [4.78, 5) is 11.9. The molecular formula is C20H21ClO2. The molecule has 0 N–H and O–H groups in total. The highest BCUT2D eigenvalue weighted by atomic mass is 35.5. The van der Waals surface area contributed by atoms with Crippen molar-refractivity contribution in [3.05, 3.63) is 64.7 Å². The minimum absolute atomic E-state index is 0.210. The van der Waals surface area contributed by atoms with Gasteiger partial charge in [-0.1, -0.05) is 42.3 Å². The van der Waals surface area contributed by atoms with Gasteiger partial charge >= 0.3 is 0 Å². The van der Waals surface area contributed by atoms with Crippen LogP contribution in [0, 0.1) is 5.92 Å². The summed E-state index contributed by atoms with van der Waals surface area (Å²) < 4.78 is 5.79. The molecule has 0 aromatic heterocycles. The van der Waals surface area contributed by atoms with Crippen LogP contribution in [-0.2, 0) is 17.8 Å². The first kappa shape index (κ1) is 16.1. The van der Waals surface area contributed by atoms with E-state index in [1.54, 1.807) is 0 Å². The summed E-state index contributed by atoms with van der Waals surface area (Å²) >= 11 is 5.97. The van der Waals surface area contributed by atoms with Crippen LogP contribution in [0.15, 0.2) is 48.5 Å². The minimum atomic E-state index is 0.210. The van der Waals surface area contributed by atoms with Crippen molar-refractivity contribution in [2.24, 2.45) is 5.92 Å². The number of Topliss-reactive ketones (excluding diaryl/α,β-unsaturated/α-hetero) is 1. The molecule has 1 fully saturated rings. The first-order valence-electron chi connectivity index (χ1n) is 8.19. The highest BCUT2D eigenvalue weighted by molar-refractivity contribution is 6.30. The normalized spacial score (nSPS) is 18.0. The van der Waals surface area contributed by atoms with Crippen molar-refractivity contribution < 1.29 is 9.53 Å². The molecule has 2 nitrogen and oxygen atoms in total. The van der Waals surface area contributed by atoms with E-state index in [9.17, 15) is 4.79 Å². The van der Waals surface area contributed by atoms with E-state index in [4.69, 9.17) is 16.3 Å². The number of carbonyl (C=O) groups is 1. The van der Waals surface area contributed by atoms with Gasteiger partial charge in [0.2, 0.25) is 0 Å². The van der Waals surface area contributed by atoms with Crippen molar-refractivity contribution in [1.29, 1.82) is 0 Å². The maximum atomic E-state index is 11.9. The van der Waals surface area contributed by atoms with Crippen molar-refractivity contribution in [2.75, 3.05) is 0 Å². The molecule has 2 aromatic rings. The number of carbonyl (C=O) groups excluding carboxylic acids is 1. The zero-order chi connectivity index (χ0) is 16.1. The summed E-state index contributed by atoms with van der Waals surface area (Å²) in [7, 11) is 0. The molecule has 0 heterocycles. The number of hydrogen-bond acceptors (Lipinski definition) is 2. The molecule has 0 saturated heterocycles. The maximum Gasteiger partial charge on any atom is 0.136 e. The number of benzene rings is 2. The lowest BCUT2D eigenvalue weighted by atomic mass is 9.84. The summed E-state index contributed by atoms with van der Waals surface area (Å²) in [5.41, 5.74) is 2.26. The Morgan fingerprint density at radius 3 is 2.61 bits per heavy atom. The van der Waals surface area contributed by atoms with E-state index in [1.807, 2.05) is 36.4 Å². The minimum Gasteiger partial charge on any atom is -0.489 e. The van der Waals surface area contributed by atoms with Crippen LogP contribution < -0.4 is 4.74 Å². The van der Waals surface area contributed by atoms with Crippen LogP contribution in [0.5, 0.6) is 5.75 Å². The van der Waals surface area contributed by atoms with E-state index in [-0.39, 0.29) is 5.92 Å². The van der Waals surface area contributed by atoms with Gasteiger partial charge in [0.1, 0.15) is 18.1 Å². The first-order chi connectivity index (χ1) is 11.2. The lowest BCUT2D eigenvalue weighted by Crippen LogP contribution is -2.20. The highest BCUT2D eigenvalue weighted by Crippen LogP contribution is 2.25. The Bertz CT molecular complexity index is 664. The maximum absolute atomic E-state index is 11.9. The summed E-state index contributed by atoms with van der Waals surface area (Å²) in [6.07, 6.45) is 4.88. The van der Waals surface area contributed by atoms with Crippen molar-refractivity contribution in [3.63, 3.8) is 0 Å². The lowest BCUT2D eigenvalue weighted by Gasteiger charge is -2.20. The van der Waals surface area contributed by atoms with Gasteiger partial charge in [-0.05, 0) is 54.7 Å². The van der Waals surface area contributed by atoms with Crippen LogP contribution in [0.25, 0.3) is 0 Å². The van der Waals surface area contributed by atoms with E-state index >= 15 is 0 Å². The zero-order valence-electron chi connectivity index (χ0n) is 13.1. The second-order valence-corrected chi connectivity index (χ2v) is 6.61. The Kier molecular flexibility index (Phi) is 5.35. The Balaban J connectivity index is 1.55. The molecule has 0 bridgehead atoms. The molecule has 2 aromatic carbocycles. The van der Waals surface area contributed by atoms with Crippen LogP contribution >= 0.6 is 11.6 Å². The van der Waals surface area contributed by atoms with Crippen molar-refractivity contribution in [2.45, 2.75) is 38.7 Å². The summed E-state index contributed by atoms with van der Waals surface area (Å²) in [6, 6.07) is 15.8. The van der Waals surface area contributed by atoms with Gasteiger partial charge in [0.25, 0.3) is 0 Å². The Hall–Kier alpha value is -1.80. The van der Waals surface area contributed by atoms with Crippen LogP contribution in [0.1, 0.15) is 36.8 Å². The fraction of sp³-hybridized carbons (Fsp3) is 0.350. The van der Waals surface area contributed by atoms with Gasteiger partial charge in [-0.2, -0.15) is 0 Å². The zero-order valence-corrected chi connectivity index (χ0v) is 13.9. The van der Waals surface area contributed by atoms with Crippen molar-refractivity contribution >= 4 is 17.4 Å². The van der Waals surface area contributed by atoms with E-state index in [0.717, 1.165) is 42.0 Å². The predicted molar refractivity (Wildman–Crippen MR) is 92.9 cm³/mol. The van der Waals surface area contributed by atoms with Gasteiger partial charge in [0.15, 0.2) is 0 Å².